The molecule has 0 aliphatic carbocycles. The Morgan fingerprint density at radius 2 is 1.88 bits per heavy atom. The summed E-state index contributed by atoms with van der Waals surface area (Å²) in [5.74, 6) is -0.234. The minimum absolute atomic E-state index is 0.234. The van der Waals surface area contributed by atoms with Crippen LogP contribution in [0.5, 0.6) is 0 Å². The summed E-state index contributed by atoms with van der Waals surface area (Å²) in [6.45, 7) is 0.625. The van der Waals surface area contributed by atoms with Gasteiger partial charge in [-0.05, 0) is 42.0 Å². The zero-order chi connectivity index (χ0) is 16.9. The van der Waals surface area contributed by atoms with Gasteiger partial charge in [0.25, 0.3) is 5.91 Å². The minimum Gasteiger partial charge on any atom is -0.319 e. The lowest BCUT2D eigenvalue weighted by Gasteiger charge is -2.03. The molecule has 0 atom stereocenters. The second kappa shape index (κ2) is 7.11. The third kappa shape index (κ3) is 3.89. The van der Waals surface area contributed by atoms with Crippen molar-refractivity contribution in [2.24, 2.45) is 0 Å². The van der Waals surface area contributed by atoms with Crippen molar-refractivity contribution in [2.75, 3.05) is 5.32 Å². The maximum absolute atomic E-state index is 12.2. The Hall–Kier alpha value is -2.91. The molecule has 1 N–H and O–H groups in total. The van der Waals surface area contributed by atoms with Crippen LogP contribution in [0.15, 0.2) is 65.4 Å². The Kier molecular flexibility index (Phi) is 4.73. The van der Waals surface area contributed by atoms with E-state index in [2.05, 4.69) is 26.3 Å². The maximum atomic E-state index is 12.2. The number of rotatable bonds is 4. The van der Waals surface area contributed by atoms with E-state index in [1.165, 1.54) is 0 Å². The monoisotopic (exact) mass is 380 g/mol. The fourth-order valence-corrected chi connectivity index (χ4v) is 2.46. The summed E-state index contributed by atoms with van der Waals surface area (Å²) >= 11 is 3.41. The number of nitriles is 1. The first-order valence-electron chi connectivity index (χ1n) is 7.22. The molecule has 3 rings (SSSR count). The number of anilines is 1. The Labute approximate surface area is 147 Å². The zero-order valence-electron chi connectivity index (χ0n) is 12.6. The largest absolute Gasteiger partial charge is 0.319 e. The lowest BCUT2D eigenvalue weighted by atomic mass is 10.1. The number of hydrogen-bond acceptors (Lipinski definition) is 3. The zero-order valence-corrected chi connectivity index (χ0v) is 14.2. The van der Waals surface area contributed by atoms with Gasteiger partial charge in [0, 0.05) is 16.2 Å². The summed E-state index contributed by atoms with van der Waals surface area (Å²) in [5.41, 5.74) is 2.76. The summed E-state index contributed by atoms with van der Waals surface area (Å²) in [7, 11) is 0. The van der Waals surface area contributed by atoms with Gasteiger partial charge in [-0.25, -0.2) is 0 Å². The van der Waals surface area contributed by atoms with E-state index in [-0.39, 0.29) is 5.91 Å². The fourth-order valence-electron chi connectivity index (χ4n) is 2.19. The Morgan fingerprint density at radius 3 is 2.54 bits per heavy atom. The molecule has 0 aliphatic heterocycles. The third-order valence-electron chi connectivity index (χ3n) is 3.43. The van der Waals surface area contributed by atoms with Crippen molar-refractivity contribution >= 4 is 27.5 Å². The summed E-state index contributed by atoms with van der Waals surface area (Å²) in [6.07, 6.45) is 3.39. The molecular weight excluding hydrogens is 368 g/mol. The number of benzene rings is 2. The van der Waals surface area contributed by atoms with E-state index in [1.807, 2.05) is 30.3 Å². The first-order chi connectivity index (χ1) is 11.6. The van der Waals surface area contributed by atoms with Gasteiger partial charge in [-0.1, -0.05) is 28.1 Å². The molecule has 0 saturated carbocycles. The van der Waals surface area contributed by atoms with E-state index in [9.17, 15) is 4.79 Å². The highest BCUT2D eigenvalue weighted by Crippen LogP contribution is 2.13. The van der Waals surface area contributed by atoms with Crippen LogP contribution in [-0.4, -0.2) is 15.7 Å². The van der Waals surface area contributed by atoms with Gasteiger partial charge in [-0.15, -0.1) is 0 Å². The second-order valence-corrected chi connectivity index (χ2v) is 6.11. The van der Waals surface area contributed by atoms with Gasteiger partial charge in [0.1, 0.15) is 0 Å². The number of carbonyl (C=O) groups is 1. The SMILES string of the molecule is N#Cc1ccc(C(=O)Nc2cnn(Cc3ccc(Br)cc3)c2)cc1. The van der Waals surface area contributed by atoms with Crippen LogP contribution in [0.1, 0.15) is 21.5 Å². The molecule has 5 nitrogen and oxygen atoms in total. The van der Waals surface area contributed by atoms with Gasteiger partial charge in [-0.2, -0.15) is 10.4 Å². The fraction of sp³-hybridized carbons (Fsp3) is 0.0556. The topological polar surface area (TPSA) is 70.7 Å². The van der Waals surface area contributed by atoms with Crippen molar-refractivity contribution in [1.29, 1.82) is 5.26 Å². The molecule has 24 heavy (non-hydrogen) atoms. The molecule has 1 aromatic heterocycles. The number of halogens is 1. The van der Waals surface area contributed by atoms with E-state index < -0.39 is 0 Å². The summed E-state index contributed by atoms with van der Waals surface area (Å²) in [6, 6.07) is 16.5. The number of nitrogens with zero attached hydrogens (tertiary/aromatic N) is 3. The first kappa shape index (κ1) is 16.0. The van der Waals surface area contributed by atoms with Crippen molar-refractivity contribution in [3.63, 3.8) is 0 Å². The first-order valence-corrected chi connectivity index (χ1v) is 8.02. The molecule has 1 amide bonds. The van der Waals surface area contributed by atoms with Crippen LogP contribution in [0.25, 0.3) is 0 Å². The van der Waals surface area contributed by atoms with E-state index in [0.717, 1.165) is 10.0 Å². The predicted octanol–water partition coefficient (Wildman–Crippen LogP) is 3.82. The number of nitrogens with one attached hydrogen (secondary N) is 1. The molecule has 0 radical (unpaired) electrons. The van der Waals surface area contributed by atoms with E-state index >= 15 is 0 Å². The van der Waals surface area contributed by atoms with Crippen molar-refractivity contribution in [3.05, 3.63) is 82.1 Å². The molecule has 3 aromatic rings. The molecular formula is C18H13BrN4O. The van der Waals surface area contributed by atoms with Crippen LogP contribution in [0.4, 0.5) is 5.69 Å². The normalized spacial score (nSPS) is 10.2. The highest BCUT2D eigenvalue weighted by atomic mass is 79.9. The van der Waals surface area contributed by atoms with E-state index in [1.54, 1.807) is 41.3 Å². The maximum Gasteiger partial charge on any atom is 0.255 e. The molecule has 0 bridgehead atoms. The Balaban J connectivity index is 1.65. The molecule has 0 fully saturated rings. The molecule has 0 unspecified atom stereocenters. The quantitative estimate of drug-likeness (QED) is 0.747. The minimum atomic E-state index is -0.234. The molecule has 0 spiro atoms. The summed E-state index contributed by atoms with van der Waals surface area (Å²) in [4.78, 5) is 12.2. The lowest BCUT2D eigenvalue weighted by molar-refractivity contribution is 0.102. The number of hydrogen-bond donors (Lipinski definition) is 1. The highest BCUT2D eigenvalue weighted by molar-refractivity contribution is 9.10. The van der Waals surface area contributed by atoms with Crippen LogP contribution in [0.3, 0.4) is 0 Å². The van der Waals surface area contributed by atoms with Crippen LogP contribution >= 0.6 is 15.9 Å². The van der Waals surface area contributed by atoms with Crippen molar-refractivity contribution in [3.8, 4) is 6.07 Å². The highest BCUT2D eigenvalue weighted by Gasteiger charge is 2.08. The van der Waals surface area contributed by atoms with Gasteiger partial charge < -0.3 is 5.32 Å². The van der Waals surface area contributed by atoms with Crippen LogP contribution in [0.2, 0.25) is 0 Å². The standard InChI is InChI=1S/C18H13BrN4O/c19-16-7-3-14(4-8-16)11-23-12-17(10-21-23)22-18(24)15-5-1-13(9-20)2-6-15/h1-8,10,12H,11H2,(H,22,24). The van der Waals surface area contributed by atoms with Gasteiger partial charge >= 0.3 is 0 Å². The molecule has 0 saturated heterocycles. The van der Waals surface area contributed by atoms with Crippen LogP contribution in [0, 0.1) is 11.3 Å². The van der Waals surface area contributed by atoms with Gasteiger partial charge in [0.2, 0.25) is 0 Å². The molecule has 2 aromatic carbocycles. The lowest BCUT2D eigenvalue weighted by Crippen LogP contribution is -2.11. The van der Waals surface area contributed by atoms with E-state index in [0.29, 0.717) is 23.4 Å². The Morgan fingerprint density at radius 1 is 1.17 bits per heavy atom. The van der Waals surface area contributed by atoms with Gasteiger partial charge in [0.05, 0.1) is 30.1 Å². The molecule has 1 heterocycles. The van der Waals surface area contributed by atoms with Crippen LogP contribution < -0.4 is 5.32 Å². The average molecular weight is 381 g/mol. The number of aromatic nitrogens is 2. The third-order valence-corrected chi connectivity index (χ3v) is 3.95. The number of amides is 1. The van der Waals surface area contributed by atoms with Crippen LogP contribution in [-0.2, 0) is 6.54 Å². The predicted molar refractivity (Wildman–Crippen MR) is 94.6 cm³/mol. The van der Waals surface area contributed by atoms with Gasteiger partial charge in [-0.3, -0.25) is 9.48 Å². The summed E-state index contributed by atoms with van der Waals surface area (Å²) in [5, 5.41) is 15.8. The second-order valence-electron chi connectivity index (χ2n) is 5.20. The van der Waals surface area contributed by atoms with E-state index in [4.69, 9.17) is 5.26 Å². The number of carbonyl (C=O) groups excluding carboxylic acids is 1. The van der Waals surface area contributed by atoms with Crippen molar-refractivity contribution in [1.82, 2.24) is 9.78 Å². The van der Waals surface area contributed by atoms with Crippen molar-refractivity contribution < 1.29 is 4.79 Å². The molecule has 0 aliphatic rings. The van der Waals surface area contributed by atoms with Crippen molar-refractivity contribution in [2.45, 2.75) is 6.54 Å². The van der Waals surface area contributed by atoms with Gasteiger partial charge in [0.15, 0.2) is 0 Å². The molecule has 118 valence electrons. The Bertz CT molecular complexity index is 892. The summed E-state index contributed by atoms with van der Waals surface area (Å²) < 4.78 is 2.79. The smallest absolute Gasteiger partial charge is 0.255 e. The molecule has 6 heteroatoms. The average Bonchev–Trinajstić information content (AvgIpc) is 3.04.